The topological polar surface area (TPSA) is 35.5 Å². The van der Waals surface area contributed by atoms with Gasteiger partial charge in [-0.1, -0.05) is 31.5 Å². The molecule has 0 fully saturated rings. The van der Waals surface area contributed by atoms with Gasteiger partial charge in [-0.05, 0) is 79.3 Å². The summed E-state index contributed by atoms with van der Waals surface area (Å²) in [6.45, 7) is 14.4. The summed E-state index contributed by atoms with van der Waals surface area (Å²) in [7, 11) is 0.0181. The third-order valence-electron chi connectivity index (χ3n) is 4.92. The Hall–Kier alpha value is -1.26. The van der Waals surface area contributed by atoms with E-state index >= 15 is 0 Å². The molecule has 2 aromatic rings. The van der Waals surface area contributed by atoms with Gasteiger partial charge in [0.05, 0.1) is 12.2 Å². The molecule has 0 heterocycles. The predicted molar refractivity (Wildman–Crippen MR) is 126 cm³/mol. The van der Waals surface area contributed by atoms with Crippen LogP contribution in [0, 0.1) is 20.8 Å². The summed E-state index contributed by atoms with van der Waals surface area (Å²) in [5.74, 6) is 1.54. The quantitative estimate of drug-likeness (QED) is 0.393. The van der Waals surface area contributed by atoms with Gasteiger partial charge < -0.3 is 9.47 Å². The van der Waals surface area contributed by atoms with Crippen molar-refractivity contribution in [1.29, 1.82) is 0 Å². The van der Waals surface area contributed by atoms with Crippen LogP contribution in [0.3, 0.4) is 0 Å². The van der Waals surface area contributed by atoms with Crippen molar-refractivity contribution in [3.63, 3.8) is 0 Å². The second-order valence-corrected chi connectivity index (χ2v) is 8.80. The van der Waals surface area contributed by atoms with Gasteiger partial charge in [-0.15, -0.1) is 0 Å². The second kappa shape index (κ2) is 11.8. The molecular weight excluding hydrogens is 374 g/mol. The van der Waals surface area contributed by atoms with Crippen molar-refractivity contribution in [2.24, 2.45) is 0 Å². The standard InChI is InChI=1S/C24H33O3P.Li/c1-8-18(6)26-20-10-11-22(21(14-20)27-19(7)9-2)28-24(25)23-16(4)12-15(3)13-17(23)5;/h10-14,18-19,28H,8-9H2,1-7H3;. The number of carbonyl (C=O) groups is 1. The molecule has 153 valence electrons. The molecule has 0 bridgehead atoms. The number of rotatable bonds is 9. The molecule has 0 amide bonds. The number of hydrogen-bond donors (Lipinski definition) is 0. The first kappa shape index (κ1) is 25.8. The van der Waals surface area contributed by atoms with Crippen molar-refractivity contribution in [3.05, 3.63) is 52.6 Å². The number of ether oxygens (including phenoxy) is 2. The number of benzene rings is 2. The van der Waals surface area contributed by atoms with Crippen molar-refractivity contribution in [2.45, 2.75) is 73.5 Å². The summed E-state index contributed by atoms with van der Waals surface area (Å²) in [5.41, 5.74) is 4.24. The van der Waals surface area contributed by atoms with E-state index in [-0.39, 0.29) is 45.2 Å². The molecule has 2 aromatic carbocycles. The molecule has 0 saturated carbocycles. The Balaban J connectivity index is 0.00000420. The molecule has 0 aliphatic carbocycles. The van der Waals surface area contributed by atoms with Gasteiger partial charge in [-0.25, -0.2) is 0 Å². The summed E-state index contributed by atoms with van der Waals surface area (Å²) in [6.07, 6.45) is 2.07. The minimum atomic E-state index is 0. The largest absolute Gasteiger partial charge is 0.491 e. The molecule has 2 rings (SSSR count). The van der Waals surface area contributed by atoms with Gasteiger partial charge in [0.1, 0.15) is 11.5 Å². The van der Waals surface area contributed by atoms with Gasteiger partial charge in [0.2, 0.25) is 0 Å². The first-order chi connectivity index (χ1) is 13.2. The molecule has 5 heteroatoms. The molecular formula is C24H33LiO3P. The average Bonchev–Trinajstić information content (AvgIpc) is 2.62. The molecule has 0 saturated heterocycles. The minimum absolute atomic E-state index is 0. The van der Waals surface area contributed by atoms with Crippen LogP contribution in [0.15, 0.2) is 30.3 Å². The molecule has 3 nitrogen and oxygen atoms in total. The molecule has 0 N–H and O–H groups in total. The van der Waals surface area contributed by atoms with Gasteiger partial charge in [-0.2, -0.15) is 0 Å². The molecule has 0 aliphatic heterocycles. The second-order valence-electron chi connectivity index (χ2n) is 7.56. The van der Waals surface area contributed by atoms with Crippen LogP contribution >= 0.6 is 8.58 Å². The SMILES string of the molecule is CCC(C)Oc1ccc(PC(=O)c2c(C)cc(C)cc2C)c(OC(C)CC)c1.[Li]. The van der Waals surface area contributed by atoms with E-state index in [2.05, 4.69) is 39.8 Å². The fourth-order valence-corrected chi connectivity index (χ4v) is 4.30. The molecule has 3 atom stereocenters. The fraction of sp³-hybridized carbons (Fsp3) is 0.458. The number of hydrogen-bond acceptors (Lipinski definition) is 3. The van der Waals surface area contributed by atoms with Crippen molar-refractivity contribution in [3.8, 4) is 11.5 Å². The zero-order chi connectivity index (χ0) is 20.8. The normalized spacial score (nSPS) is 13.1. The van der Waals surface area contributed by atoms with E-state index < -0.39 is 0 Å². The molecule has 0 spiro atoms. The van der Waals surface area contributed by atoms with Crippen LogP contribution in [-0.2, 0) is 0 Å². The van der Waals surface area contributed by atoms with Crippen molar-refractivity contribution in [2.75, 3.05) is 0 Å². The Kier molecular flexibility index (Phi) is 10.5. The van der Waals surface area contributed by atoms with E-state index in [0.29, 0.717) is 0 Å². The van der Waals surface area contributed by atoms with Crippen LogP contribution in [-0.4, -0.2) is 36.6 Å². The zero-order valence-corrected chi connectivity index (χ0v) is 20.2. The van der Waals surface area contributed by atoms with Crippen LogP contribution < -0.4 is 14.8 Å². The summed E-state index contributed by atoms with van der Waals surface area (Å²) < 4.78 is 12.1. The maximum Gasteiger partial charge on any atom is 0.186 e. The van der Waals surface area contributed by atoms with E-state index in [4.69, 9.17) is 9.47 Å². The predicted octanol–water partition coefficient (Wildman–Crippen LogP) is 5.73. The Labute approximate surface area is 189 Å². The first-order valence-corrected chi connectivity index (χ1v) is 11.1. The monoisotopic (exact) mass is 407 g/mol. The van der Waals surface area contributed by atoms with Gasteiger partial charge in [0.15, 0.2) is 5.52 Å². The van der Waals surface area contributed by atoms with Gasteiger partial charge in [0.25, 0.3) is 0 Å². The van der Waals surface area contributed by atoms with Crippen LogP contribution in [0.2, 0.25) is 0 Å². The Morgan fingerprint density at radius 3 is 2.03 bits per heavy atom. The van der Waals surface area contributed by atoms with E-state index in [0.717, 1.165) is 46.3 Å². The fourth-order valence-electron chi connectivity index (χ4n) is 3.12. The smallest absolute Gasteiger partial charge is 0.186 e. The third kappa shape index (κ3) is 7.18. The third-order valence-corrected chi connectivity index (χ3v) is 6.08. The summed E-state index contributed by atoms with van der Waals surface area (Å²) >= 11 is 0. The molecule has 1 radical (unpaired) electrons. The van der Waals surface area contributed by atoms with Crippen LogP contribution in [0.5, 0.6) is 11.5 Å². The minimum Gasteiger partial charge on any atom is -0.491 e. The Morgan fingerprint density at radius 2 is 1.48 bits per heavy atom. The van der Waals surface area contributed by atoms with Crippen molar-refractivity contribution < 1.29 is 14.3 Å². The van der Waals surface area contributed by atoms with Gasteiger partial charge in [-0.3, -0.25) is 4.79 Å². The van der Waals surface area contributed by atoms with E-state index in [1.54, 1.807) is 0 Å². The maximum absolute atomic E-state index is 13.1. The average molecular weight is 407 g/mol. The molecule has 0 aliphatic rings. The van der Waals surface area contributed by atoms with E-state index in [9.17, 15) is 4.79 Å². The molecule has 0 aromatic heterocycles. The first-order valence-electron chi connectivity index (χ1n) is 10.1. The van der Waals surface area contributed by atoms with Crippen molar-refractivity contribution >= 4 is 38.3 Å². The molecule has 29 heavy (non-hydrogen) atoms. The summed E-state index contributed by atoms with van der Waals surface area (Å²) in [6, 6.07) is 10.0. The van der Waals surface area contributed by atoms with Crippen LogP contribution in [0.25, 0.3) is 0 Å². The molecule has 3 unspecified atom stereocenters. The Morgan fingerprint density at radius 1 is 0.931 bits per heavy atom. The number of carbonyl (C=O) groups excluding carboxylic acids is 1. The van der Waals surface area contributed by atoms with E-state index in [1.165, 1.54) is 5.56 Å². The van der Waals surface area contributed by atoms with Crippen LogP contribution in [0.1, 0.15) is 67.6 Å². The number of aryl methyl sites for hydroxylation is 3. The van der Waals surface area contributed by atoms with Gasteiger partial charge in [0, 0.05) is 35.8 Å². The Bertz CT molecular complexity index is 812. The summed E-state index contributed by atoms with van der Waals surface area (Å²) in [4.78, 5) is 13.1. The van der Waals surface area contributed by atoms with Crippen LogP contribution in [0.4, 0.5) is 0 Å². The zero-order valence-electron chi connectivity index (χ0n) is 19.2. The van der Waals surface area contributed by atoms with E-state index in [1.807, 2.05) is 39.0 Å². The van der Waals surface area contributed by atoms with Gasteiger partial charge >= 0.3 is 0 Å². The van der Waals surface area contributed by atoms with Crippen molar-refractivity contribution in [1.82, 2.24) is 0 Å². The maximum atomic E-state index is 13.1. The summed E-state index contributed by atoms with van der Waals surface area (Å²) in [5, 5.41) is 0.932.